The molecular weight excluding hydrogens is 1680 g/mol. The summed E-state index contributed by atoms with van der Waals surface area (Å²) in [4.78, 5) is 50.6. The van der Waals surface area contributed by atoms with E-state index >= 15 is 0 Å². The minimum absolute atomic E-state index is 0.0199. The first-order chi connectivity index (χ1) is 68.5. The Morgan fingerprint density at radius 1 is 0.138 bits per heavy atom. The predicted octanol–water partition coefficient (Wildman–Crippen LogP) is 30.0. The summed E-state index contributed by atoms with van der Waals surface area (Å²) in [7, 11) is 0. The zero-order valence-corrected chi connectivity index (χ0v) is 74.5. The maximum absolute atomic E-state index is 5.80. The Morgan fingerprint density at radius 3 is 0.420 bits per heavy atom. The summed E-state index contributed by atoms with van der Waals surface area (Å²) in [5, 5.41) is 8.78. The number of rotatable bonds is 8. The Labute approximate surface area is 794 Å². The van der Waals surface area contributed by atoms with Gasteiger partial charge in [-0.25, -0.2) is 39.9 Å². The number of anilines is 6. The molecule has 12 aliphatic rings. The summed E-state index contributed by atoms with van der Waals surface area (Å²) in [6.07, 6.45) is 0. The molecule has 4 heterocycles. The molecule has 4 aromatic heterocycles. The van der Waals surface area contributed by atoms with Crippen LogP contribution in [0.2, 0.25) is 0 Å². The van der Waals surface area contributed by atoms with Gasteiger partial charge in [0.25, 0.3) is 0 Å². The molecule has 0 spiro atoms. The van der Waals surface area contributed by atoms with E-state index in [9.17, 15) is 0 Å². The van der Waals surface area contributed by atoms with Crippen molar-refractivity contribution < 1.29 is 0 Å². The molecule has 138 heavy (non-hydrogen) atoms. The summed E-state index contributed by atoms with van der Waals surface area (Å²) in [6, 6.07) is 155. The van der Waals surface area contributed by atoms with Crippen LogP contribution in [0.5, 0.6) is 0 Å². The van der Waals surface area contributed by atoms with Gasteiger partial charge in [0.1, 0.15) is 0 Å². The zero-order chi connectivity index (χ0) is 89.8. The number of hydrogen-bond donors (Lipinski definition) is 0. The van der Waals surface area contributed by atoms with Crippen LogP contribution < -0.4 is 9.80 Å². The van der Waals surface area contributed by atoms with Crippen molar-refractivity contribution in [1.82, 2.24) is 39.9 Å². The van der Waals surface area contributed by atoms with E-state index in [0.717, 1.165) is 178 Å². The van der Waals surface area contributed by atoms with Crippen LogP contribution in [0.4, 0.5) is 34.1 Å². The van der Waals surface area contributed by atoms with E-state index in [4.69, 9.17) is 39.9 Å². The van der Waals surface area contributed by atoms with Gasteiger partial charge in [0.15, 0.2) is 0 Å². The number of benzene rings is 20. The number of nitrogens with zero attached hydrogens (tertiary/aromatic N) is 10. The first kappa shape index (κ1) is 75.9. The molecule has 0 radical (unpaired) electrons. The average molecular weight is 1760 g/mol. The Morgan fingerprint density at radius 2 is 0.268 bits per heavy atom. The smallest absolute Gasteiger partial charge is 0.0898 e. The fraction of sp³-hybridized carbons (Fsp3) is 0.0625. The van der Waals surface area contributed by atoms with E-state index in [1.807, 2.05) is 0 Å². The van der Waals surface area contributed by atoms with E-state index in [0.29, 0.717) is 0 Å². The predicted molar refractivity (Wildman–Crippen MR) is 555 cm³/mol. The van der Waals surface area contributed by atoms with Crippen LogP contribution in [-0.2, 0) is 0 Å². The second-order valence-electron chi connectivity index (χ2n) is 38.2. The molecule has 36 rings (SSSR count). The highest BCUT2D eigenvalue weighted by molar-refractivity contribution is 6.28. The van der Waals surface area contributed by atoms with Gasteiger partial charge in [-0.05, 0) is 230 Å². The zero-order valence-electron chi connectivity index (χ0n) is 74.5. The topological polar surface area (TPSA) is 110 Å². The maximum Gasteiger partial charge on any atom is 0.0898 e. The highest BCUT2D eigenvalue weighted by atomic mass is 15.2. The van der Waals surface area contributed by atoms with Crippen LogP contribution >= 0.6 is 0 Å². The van der Waals surface area contributed by atoms with Crippen LogP contribution in [-0.4, -0.2) is 39.9 Å². The van der Waals surface area contributed by atoms with Gasteiger partial charge in [0.2, 0.25) is 0 Å². The summed E-state index contributed by atoms with van der Waals surface area (Å²) in [5.41, 5.74) is 47.7. The first-order valence-corrected chi connectivity index (χ1v) is 48.0. The Hall–Kier alpha value is -17.6. The van der Waals surface area contributed by atoms with Gasteiger partial charge in [-0.1, -0.05) is 328 Å². The van der Waals surface area contributed by atoms with Crippen molar-refractivity contribution in [2.75, 3.05) is 9.80 Å². The fourth-order valence-electron chi connectivity index (χ4n) is 25.8. The number of para-hydroxylation sites is 4. The van der Waals surface area contributed by atoms with Crippen molar-refractivity contribution in [3.05, 3.63) is 559 Å². The highest BCUT2D eigenvalue weighted by Gasteiger charge is 2.49. The van der Waals surface area contributed by atoms with Crippen molar-refractivity contribution in [3.63, 3.8) is 0 Å². The molecule has 0 atom stereocenters. The number of fused-ring (bicyclic) bond motifs is 8. The van der Waals surface area contributed by atoms with Crippen LogP contribution in [0.25, 0.3) is 109 Å². The van der Waals surface area contributed by atoms with E-state index in [2.05, 4.69) is 434 Å². The molecule has 10 heteroatoms. The van der Waals surface area contributed by atoms with Gasteiger partial charge in [-0.15, -0.1) is 0 Å². The van der Waals surface area contributed by atoms with E-state index in [-0.39, 0.29) is 47.3 Å². The third-order valence-electron chi connectivity index (χ3n) is 31.3. The minimum atomic E-state index is -0.0199. The van der Waals surface area contributed by atoms with Crippen molar-refractivity contribution in [3.8, 4) is 22.3 Å². The summed E-state index contributed by atoms with van der Waals surface area (Å²) in [6.45, 7) is 0. The second kappa shape index (κ2) is 29.0. The molecule has 640 valence electrons. The van der Waals surface area contributed by atoms with Crippen LogP contribution in [0.3, 0.4) is 0 Å². The second-order valence-corrected chi connectivity index (χ2v) is 38.2. The van der Waals surface area contributed by atoms with Crippen molar-refractivity contribution in [2.45, 2.75) is 47.3 Å². The Kier molecular flexibility index (Phi) is 15.9. The largest absolute Gasteiger partial charge is 0.309 e. The van der Waals surface area contributed by atoms with Gasteiger partial charge in [0, 0.05) is 44.3 Å². The average Bonchev–Trinajstić information content (AvgIpc) is 0.699. The molecule has 0 amide bonds. The van der Waals surface area contributed by atoms with Crippen LogP contribution in [0, 0.1) is 0 Å². The summed E-state index contributed by atoms with van der Waals surface area (Å²) >= 11 is 0. The quantitative estimate of drug-likeness (QED) is 0.108. The molecule has 12 aliphatic carbocycles. The molecule has 8 bridgehead atoms. The molecule has 0 N–H and O–H groups in total. The fourth-order valence-corrected chi connectivity index (χ4v) is 25.8. The summed E-state index contributed by atoms with van der Waals surface area (Å²) < 4.78 is 0. The molecule has 0 aliphatic heterocycles. The third kappa shape index (κ3) is 10.7. The van der Waals surface area contributed by atoms with Gasteiger partial charge in [-0.2, -0.15) is 0 Å². The Bertz CT molecular complexity index is 8210. The van der Waals surface area contributed by atoms with Crippen LogP contribution in [0.1, 0.15) is 182 Å². The number of hydrogen-bond acceptors (Lipinski definition) is 10. The molecule has 0 saturated carbocycles. The normalized spacial score (nSPS) is 17.6. The van der Waals surface area contributed by atoms with Crippen molar-refractivity contribution >= 4 is 121 Å². The molecule has 20 aromatic carbocycles. The molecular formula is C128H78N10. The van der Waals surface area contributed by atoms with Crippen LogP contribution in [0.15, 0.2) is 425 Å². The van der Waals surface area contributed by atoms with Crippen molar-refractivity contribution in [2.24, 2.45) is 0 Å². The SMILES string of the molecule is c1ccc(-c2c3cc4nc5c(nc4cc3c(-c3ccccc3)c3cc4nc6c(nc4cc23)C2c3ccccc3C6c3ccccc32)C2c3ccccc3C5c3ccccc32)cc1.c1ccc(N(c2ccccc2)c2c3cc4nc5c(nc4cc3c(N(c3ccccc3)c3ccccc3)c3cc4nc6c(nc4cc23)C2c3ccccc3C6c3ccccc32)C2c3ccccc3C5c3ccccc32)cc1. The lowest BCUT2D eigenvalue weighted by molar-refractivity contribution is 0.709. The first-order valence-electron chi connectivity index (χ1n) is 48.0. The lowest BCUT2D eigenvalue weighted by atomic mass is 9.64. The minimum Gasteiger partial charge on any atom is -0.309 e. The Balaban J connectivity index is 0.000000130. The van der Waals surface area contributed by atoms with Gasteiger partial charge in [-0.3, -0.25) is 0 Å². The molecule has 0 fully saturated rings. The highest BCUT2D eigenvalue weighted by Crippen LogP contribution is 2.63. The maximum atomic E-state index is 5.80. The van der Waals surface area contributed by atoms with E-state index in [1.165, 1.54) is 100 Å². The van der Waals surface area contributed by atoms with E-state index in [1.54, 1.807) is 0 Å². The van der Waals surface area contributed by atoms with Gasteiger partial charge in [0.05, 0.1) is 148 Å². The standard InChI is InChI=1S/C70H44N6.C58H34N4/c1-5-21-41(22-6-1)75(42-23-7-2-8-24-42)69-53-37-57-59(73-67-63-49-33-17-13-29-45(49)61(65(67)71-57)46-30-14-18-34-50(46)63)39-55(53)70(76(43-25-9-3-10-26-43)44-27-11-4-12-28-44)56-40-60-58(38-54(56)69)72-66-62-47-31-15-19-35-51(47)64(68(66)74-60)52-36-20-16-32-48(52)62;1-3-15-31(16-4-1)49-41-27-45-47(61-57-53-37-23-11-7-19-33(37)51(55(57)59-45)34-20-8-12-24-38(34)53)29-43(41)50(32-17-5-2-6-18-32)44-30-48-46(28-42(44)49)60-56-52-35-21-9-13-25-39(35)54(58(56)62-48)40-26-14-10-22-36(40)52/h1-40,61-64H;1-30,51-54H. The molecule has 0 unspecified atom stereocenters. The molecule has 10 nitrogen and oxygen atoms in total. The molecule has 24 aromatic rings. The lowest BCUT2D eigenvalue weighted by Crippen LogP contribution is -2.29. The summed E-state index contributed by atoms with van der Waals surface area (Å²) in [5.74, 6) is 0.106. The van der Waals surface area contributed by atoms with Gasteiger partial charge < -0.3 is 9.80 Å². The third-order valence-corrected chi connectivity index (χ3v) is 31.3. The van der Waals surface area contributed by atoms with Crippen molar-refractivity contribution in [1.29, 1.82) is 0 Å². The monoisotopic (exact) mass is 1750 g/mol. The molecule has 0 saturated heterocycles. The lowest BCUT2D eigenvalue weighted by Gasteiger charge is -2.40. The number of aromatic nitrogens is 8. The van der Waals surface area contributed by atoms with Gasteiger partial charge >= 0.3 is 0 Å². The van der Waals surface area contributed by atoms with E-state index < -0.39 is 0 Å².